The highest BCUT2D eigenvalue weighted by molar-refractivity contribution is 5.29. The molecule has 0 bridgehead atoms. The van der Waals surface area contributed by atoms with Gasteiger partial charge in [-0.05, 0) is 6.92 Å². The van der Waals surface area contributed by atoms with E-state index in [9.17, 15) is 0 Å². The van der Waals surface area contributed by atoms with Gasteiger partial charge in [-0.15, -0.1) is 0 Å². The van der Waals surface area contributed by atoms with Crippen molar-refractivity contribution in [3.63, 3.8) is 0 Å². The summed E-state index contributed by atoms with van der Waals surface area (Å²) in [6, 6.07) is 0. The fourth-order valence-electron chi connectivity index (χ4n) is 1.77. The van der Waals surface area contributed by atoms with Crippen LogP contribution in [-0.4, -0.2) is 32.8 Å². The fraction of sp³-hybridized carbons (Fsp3) is 0.500. The van der Waals surface area contributed by atoms with Crippen LogP contribution >= 0.6 is 0 Å². The Morgan fingerprint density at radius 1 is 1.44 bits per heavy atom. The van der Waals surface area contributed by atoms with Crippen LogP contribution in [0.2, 0.25) is 0 Å². The second kappa shape index (κ2) is 5.68. The number of methoxy groups -OCH3 is 1. The van der Waals surface area contributed by atoms with Gasteiger partial charge in [0.05, 0.1) is 18.8 Å². The Kier molecular flexibility index (Phi) is 3.99. The molecular formula is C12H19N5O. The van der Waals surface area contributed by atoms with Crippen LogP contribution in [0.1, 0.15) is 11.5 Å². The number of hydrogen-bond acceptors (Lipinski definition) is 4. The molecule has 0 aliphatic rings. The summed E-state index contributed by atoms with van der Waals surface area (Å²) in [6.45, 7) is 4.11. The first kappa shape index (κ1) is 12.6. The number of nitrogens with zero attached hydrogens (tertiary/aromatic N) is 4. The Bertz CT molecular complexity index is 502. The summed E-state index contributed by atoms with van der Waals surface area (Å²) >= 11 is 0. The predicted octanol–water partition coefficient (Wildman–Crippen LogP) is 1.18. The Morgan fingerprint density at radius 3 is 2.94 bits per heavy atom. The number of ether oxygens (including phenoxy) is 1. The number of nitrogens with one attached hydrogen (secondary N) is 1. The molecule has 0 radical (unpaired) electrons. The number of hydrogen-bond donors (Lipinski definition) is 1. The summed E-state index contributed by atoms with van der Waals surface area (Å²) in [7, 11) is 3.68. The lowest BCUT2D eigenvalue weighted by molar-refractivity contribution is 0.187. The molecule has 0 fully saturated rings. The average Bonchev–Trinajstić information content (AvgIpc) is 2.90. The van der Waals surface area contributed by atoms with Gasteiger partial charge in [0.15, 0.2) is 0 Å². The van der Waals surface area contributed by atoms with Crippen LogP contribution < -0.4 is 5.32 Å². The average molecular weight is 249 g/mol. The zero-order chi connectivity index (χ0) is 13.0. The molecule has 0 aromatic carbocycles. The van der Waals surface area contributed by atoms with Crippen molar-refractivity contribution in [1.29, 1.82) is 0 Å². The zero-order valence-electron chi connectivity index (χ0n) is 11.1. The monoisotopic (exact) mass is 249 g/mol. The molecule has 6 nitrogen and oxygen atoms in total. The lowest BCUT2D eigenvalue weighted by atomic mass is 10.5. The molecule has 0 aliphatic heterocycles. The second-order valence-electron chi connectivity index (χ2n) is 4.20. The third-order valence-electron chi connectivity index (χ3n) is 2.76. The fourth-order valence-corrected chi connectivity index (χ4v) is 1.77. The summed E-state index contributed by atoms with van der Waals surface area (Å²) in [4.78, 5) is 8.72. The van der Waals surface area contributed by atoms with E-state index in [1.165, 1.54) is 0 Å². The molecule has 6 heteroatoms. The van der Waals surface area contributed by atoms with Gasteiger partial charge in [0.25, 0.3) is 0 Å². The maximum absolute atomic E-state index is 5.09. The molecule has 0 unspecified atom stereocenters. The van der Waals surface area contributed by atoms with Crippen molar-refractivity contribution in [2.75, 3.05) is 19.0 Å². The lowest BCUT2D eigenvalue weighted by Crippen LogP contribution is -2.12. The maximum Gasteiger partial charge on any atom is 0.203 e. The van der Waals surface area contributed by atoms with Crippen LogP contribution in [0, 0.1) is 6.92 Å². The lowest BCUT2D eigenvalue weighted by Gasteiger charge is -2.09. The molecular weight excluding hydrogens is 230 g/mol. The molecule has 0 amide bonds. The van der Waals surface area contributed by atoms with Crippen molar-refractivity contribution in [2.45, 2.75) is 20.0 Å². The molecule has 98 valence electrons. The Hall–Kier alpha value is -1.82. The van der Waals surface area contributed by atoms with Gasteiger partial charge in [0, 0.05) is 39.3 Å². The Balaban J connectivity index is 2.02. The van der Waals surface area contributed by atoms with Gasteiger partial charge in [0.1, 0.15) is 5.82 Å². The highest BCUT2D eigenvalue weighted by Crippen LogP contribution is 2.09. The number of aryl methyl sites for hydroxylation is 2. The quantitative estimate of drug-likeness (QED) is 0.835. The van der Waals surface area contributed by atoms with E-state index < -0.39 is 0 Å². The van der Waals surface area contributed by atoms with E-state index in [-0.39, 0.29) is 0 Å². The van der Waals surface area contributed by atoms with Gasteiger partial charge in [-0.25, -0.2) is 9.97 Å². The predicted molar refractivity (Wildman–Crippen MR) is 69.4 cm³/mol. The van der Waals surface area contributed by atoms with E-state index in [0.717, 1.165) is 24.0 Å². The standard InChI is InChI=1S/C12H19N5O/c1-10-9-17(6-7-18-3)12(15-10)14-8-11-13-4-5-16(11)2/h4-5,9H,6-8H2,1-3H3,(H,14,15). The minimum absolute atomic E-state index is 0.660. The first-order valence-corrected chi connectivity index (χ1v) is 5.93. The first-order chi connectivity index (χ1) is 8.70. The molecule has 2 heterocycles. The summed E-state index contributed by atoms with van der Waals surface area (Å²) in [5.74, 6) is 1.83. The minimum Gasteiger partial charge on any atom is -0.383 e. The van der Waals surface area contributed by atoms with E-state index in [4.69, 9.17) is 4.74 Å². The molecule has 2 aromatic heterocycles. The van der Waals surface area contributed by atoms with Crippen LogP contribution in [0.25, 0.3) is 0 Å². The van der Waals surface area contributed by atoms with Gasteiger partial charge in [-0.2, -0.15) is 0 Å². The molecule has 1 N–H and O–H groups in total. The van der Waals surface area contributed by atoms with Crippen LogP contribution in [0.4, 0.5) is 5.95 Å². The summed E-state index contributed by atoms with van der Waals surface area (Å²) in [6.07, 6.45) is 5.74. The van der Waals surface area contributed by atoms with E-state index in [0.29, 0.717) is 13.2 Å². The van der Waals surface area contributed by atoms with Gasteiger partial charge in [-0.3, -0.25) is 0 Å². The Labute approximate surface area is 107 Å². The summed E-state index contributed by atoms with van der Waals surface area (Å²) in [5, 5.41) is 3.30. The topological polar surface area (TPSA) is 56.9 Å². The minimum atomic E-state index is 0.660. The van der Waals surface area contributed by atoms with Crippen molar-refractivity contribution in [2.24, 2.45) is 7.05 Å². The highest BCUT2D eigenvalue weighted by Gasteiger charge is 2.06. The number of imidazole rings is 2. The Morgan fingerprint density at radius 2 is 2.28 bits per heavy atom. The van der Waals surface area contributed by atoms with Crippen LogP contribution in [0.3, 0.4) is 0 Å². The van der Waals surface area contributed by atoms with Gasteiger partial charge in [0.2, 0.25) is 5.95 Å². The summed E-state index contributed by atoms with van der Waals surface area (Å²) in [5.41, 5.74) is 0.994. The number of aromatic nitrogens is 4. The van der Waals surface area contributed by atoms with Crippen LogP contribution in [-0.2, 0) is 24.9 Å². The van der Waals surface area contributed by atoms with Gasteiger partial charge in [-0.1, -0.05) is 0 Å². The van der Waals surface area contributed by atoms with Crippen molar-refractivity contribution < 1.29 is 4.74 Å². The normalized spacial score (nSPS) is 10.8. The molecule has 2 rings (SSSR count). The van der Waals surface area contributed by atoms with Gasteiger partial charge < -0.3 is 19.2 Å². The van der Waals surface area contributed by atoms with Gasteiger partial charge >= 0.3 is 0 Å². The third-order valence-corrected chi connectivity index (χ3v) is 2.76. The van der Waals surface area contributed by atoms with E-state index >= 15 is 0 Å². The third kappa shape index (κ3) is 2.89. The first-order valence-electron chi connectivity index (χ1n) is 5.93. The molecule has 0 spiro atoms. The van der Waals surface area contributed by atoms with Crippen LogP contribution in [0.5, 0.6) is 0 Å². The molecule has 2 aromatic rings. The van der Waals surface area contributed by atoms with E-state index in [1.54, 1.807) is 13.3 Å². The van der Waals surface area contributed by atoms with E-state index in [2.05, 4.69) is 19.9 Å². The van der Waals surface area contributed by atoms with Crippen LogP contribution in [0.15, 0.2) is 18.6 Å². The van der Waals surface area contributed by atoms with Crippen molar-refractivity contribution >= 4 is 5.95 Å². The molecule has 0 aliphatic carbocycles. The summed E-state index contributed by atoms with van der Waals surface area (Å²) < 4.78 is 9.13. The SMILES string of the molecule is COCCn1cc(C)nc1NCc1nccn1C. The number of anilines is 1. The van der Waals surface area contributed by atoms with Crippen molar-refractivity contribution in [3.05, 3.63) is 30.1 Å². The molecule has 0 atom stereocenters. The molecule has 0 saturated carbocycles. The van der Waals surface area contributed by atoms with E-state index in [1.807, 2.05) is 30.9 Å². The largest absolute Gasteiger partial charge is 0.383 e. The van der Waals surface area contributed by atoms with Crippen molar-refractivity contribution in [3.8, 4) is 0 Å². The number of rotatable bonds is 6. The highest BCUT2D eigenvalue weighted by atomic mass is 16.5. The molecule has 18 heavy (non-hydrogen) atoms. The smallest absolute Gasteiger partial charge is 0.203 e. The second-order valence-corrected chi connectivity index (χ2v) is 4.20. The zero-order valence-corrected chi connectivity index (χ0v) is 11.1. The molecule has 0 saturated heterocycles. The maximum atomic E-state index is 5.09. The van der Waals surface area contributed by atoms with Crippen molar-refractivity contribution in [1.82, 2.24) is 19.1 Å².